The second kappa shape index (κ2) is 12.0. The van der Waals surface area contributed by atoms with Crippen molar-refractivity contribution in [2.24, 2.45) is 5.10 Å². The smallest absolute Gasteiger partial charge is 0.338 e. The molecule has 0 unspecified atom stereocenters. The van der Waals surface area contributed by atoms with E-state index >= 15 is 0 Å². The highest BCUT2D eigenvalue weighted by molar-refractivity contribution is 9.10. The van der Waals surface area contributed by atoms with Crippen molar-refractivity contribution in [1.82, 2.24) is 16.1 Å². The number of phenols is 1. The number of halogens is 2. The van der Waals surface area contributed by atoms with Gasteiger partial charge in [0, 0.05) is 21.8 Å². The molecule has 0 radical (unpaired) electrons. The Balaban J connectivity index is 1.73. The highest BCUT2D eigenvalue weighted by Gasteiger charge is 2.32. The molecule has 0 bridgehead atoms. The summed E-state index contributed by atoms with van der Waals surface area (Å²) in [6.07, 6.45) is 1.26. The number of hydrogen-bond donors (Lipinski definition) is 4. The number of carbonyl (C=O) groups is 2. The van der Waals surface area contributed by atoms with Gasteiger partial charge in [0.25, 0.3) is 5.91 Å². The van der Waals surface area contributed by atoms with Gasteiger partial charge in [0.05, 0.1) is 28.9 Å². The number of nitrogens with zero attached hydrogens (tertiary/aromatic N) is 1. The summed E-state index contributed by atoms with van der Waals surface area (Å²) in [6, 6.07) is 9.37. The SMILES string of the molecule is CCOC(=O)C1=C(C)NC(=S)N[C@H]1c1ccccc1OCC(=O)NN=Cc1cc(Cl)cc(Br)c1O. The van der Waals surface area contributed by atoms with E-state index in [1.54, 1.807) is 38.1 Å². The number of allylic oxidation sites excluding steroid dienone is 1. The van der Waals surface area contributed by atoms with Crippen LogP contribution in [0.15, 0.2) is 57.2 Å². The number of carbonyl (C=O) groups excluding carboxylic acids is 2. The zero-order valence-electron chi connectivity index (χ0n) is 18.7. The first-order valence-electron chi connectivity index (χ1n) is 10.4. The molecule has 0 fully saturated rings. The molecule has 0 aromatic heterocycles. The van der Waals surface area contributed by atoms with Gasteiger partial charge in [0.2, 0.25) is 0 Å². The molecule has 184 valence electrons. The Kier molecular flexibility index (Phi) is 9.07. The van der Waals surface area contributed by atoms with Gasteiger partial charge >= 0.3 is 5.97 Å². The van der Waals surface area contributed by atoms with Gasteiger partial charge in [0.1, 0.15) is 11.5 Å². The monoisotopic (exact) mass is 580 g/mol. The average Bonchev–Trinajstić information content (AvgIpc) is 2.80. The second-order valence-corrected chi connectivity index (χ2v) is 8.93. The summed E-state index contributed by atoms with van der Waals surface area (Å²) in [5.74, 6) is -0.719. The number of rotatable bonds is 8. The number of hydrogen-bond acceptors (Lipinski definition) is 7. The van der Waals surface area contributed by atoms with Crippen molar-refractivity contribution in [3.63, 3.8) is 0 Å². The first kappa shape index (κ1) is 26.5. The number of hydrazone groups is 1. The maximum Gasteiger partial charge on any atom is 0.338 e. The Hall–Kier alpha value is -3.15. The van der Waals surface area contributed by atoms with Crippen molar-refractivity contribution in [2.45, 2.75) is 19.9 Å². The molecule has 0 saturated carbocycles. The summed E-state index contributed by atoms with van der Waals surface area (Å²) in [5.41, 5.74) is 4.17. The maximum absolute atomic E-state index is 12.6. The molecule has 2 aromatic carbocycles. The van der Waals surface area contributed by atoms with Crippen molar-refractivity contribution < 1.29 is 24.2 Å². The highest BCUT2D eigenvalue weighted by atomic mass is 79.9. The van der Waals surface area contributed by atoms with E-state index in [0.29, 0.717) is 42.8 Å². The van der Waals surface area contributed by atoms with Gasteiger partial charge in [-0.3, -0.25) is 4.79 Å². The summed E-state index contributed by atoms with van der Waals surface area (Å²) < 4.78 is 11.3. The quantitative estimate of drug-likeness (QED) is 0.161. The number of phenolic OH excluding ortho intramolecular Hbond substituents is 1. The molecule has 2 aromatic rings. The fourth-order valence-corrected chi connectivity index (χ4v) is 4.40. The minimum absolute atomic E-state index is 0.0642. The average molecular weight is 582 g/mol. The van der Waals surface area contributed by atoms with E-state index in [4.69, 9.17) is 33.3 Å². The van der Waals surface area contributed by atoms with Gasteiger partial charge in [-0.25, -0.2) is 10.2 Å². The van der Waals surface area contributed by atoms with Crippen LogP contribution in [0.3, 0.4) is 0 Å². The number of thiocarbonyl (C=S) groups is 1. The molecule has 0 aliphatic carbocycles. The number of esters is 1. The van der Waals surface area contributed by atoms with E-state index in [1.807, 2.05) is 0 Å². The number of nitrogens with one attached hydrogen (secondary N) is 3. The number of aromatic hydroxyl groups is 1. The topological polar surface area (TPSA) is 121 Å². The zero-order valence-corrected chi connectivity index (χ0v) is 21.9. The molecule has 1 amide bonds. The summed E-state index contributed by atoms with van der Waals surface area (Å²) in [7, 11) is 0. The zero-order chi connectivity index (χ0) is 25.5. The Morgan fingerprint density at radius 1 is 1.34 bits per heavy atom. The molecular formula is C23H22BrClN4O5S. The molecule has 9 nitrogen and oxygen atoms in total. The van der Waals surface area contributed by atoms with Crippen LogP contribution in [0.25, 0.3) is 0 Å². The lowest BCUT2D eigenvalue weighted by atomic mass is 9.95. The van der Waals surface area contributed by atoms with Gasteiger partial charge in [-0.2, -0.15) is 5.10 Å². The van der Waals surface area contributed by atoms with E-state index in [1.165, 1.54) is 18.3 Å². The summed E-state index contributed by atoms with van der Waals surface area (Å²) in [5, 5.41) is 20.6. The molecule has 35 heavy (non-hydrogen) atoms. The van der Waals surface area contributed by atoms with Crippen molar-refractivity contribution >= 4 is 63.0 Å². The Morgan fingerprint density at radius 2 is 2.09 bits per heavy atom. The molecule has 1 heterocycles. The second-order valence-electron chi connectivity index (χ2n) is 7.24. The van der Waals surface area contributed by atoms with Crippen LogP contribution in [0.1, 0.15) is 31.0 Å². The number of benzene rings is 2. The third-order valence-electron chi connectivity index (χ3n) is 4.80. The minimum Gasteiger partial charge on any atom is -0.506 e. The lowest BCUT2D eigenvalue weighted by Crippen LogP contribution is -2.45. The van der Waals surface area contributed by atoms with Gasteiger partial charge < -0.3 is 25.2 Å². The third-order valence-corrected chi connectivity index (χ3v) is 5.85. The molecule has 12 heteroatoms. The number of ether oxygens (including phenoxy) is 2. The molecule has 0 spiro atoms. The largest absolute Gasteiger partial charge is 0.506 e. The molecular weight excluding hydrogens is 560 g/mol. The van der Waals surface area contributed by atoms with Crippen LogP contribution >= 0.6 is 39.7 Å². The first-order valence-corrected chi connectivity index (χ1v) is 12.0. The maximum atomic E-state index is 12.6. The predicted octanol–water partition coefficient (Wildman–Crippen LogP) is 3.69. The van der Waals surface area contributed by atoms with E-state index in [-0.39, 0.29) is 19.0 Å². The van der Waals surface area contributed by atoms with Gasteiger partial charge in [-0.05, 0) is 60.2 Å². The first-order chi connectivity index (χ1) is 16.7. The van der Waals surface area contributed by atoms with Gasteiger partial charge in [-0.1, -0.05) is 29.8 Å². The van der Waals surface area contributed by atoms with Gasteiger partial charge in [-0.15, -0.1) is 0 Å². The van der Waals surface area contributed by atoms with Crippen molar-refractivity contribution in [2.75, 3.05) is 13.2 Å². The fourth-order valence-electron chi connectivity index (χ4n) is 3.29. The van der Waals surface area contributed by atoms with Gasteiger partial charge in [0.15, 0.2) is 11.7 Å². The van der Waals surface area contributed by atoms with Crippen LogP contribution in [0.4, 0.5) is 0 Å². The van der Waals surface area contributed by atoms with Crippen LogP contribution in [0.5, 0.6) is 11.5 Å². The van der Waals surface area contributed by atoms with E-state index < -0.39 is 17.9 Å². The minimum atomic E-state index is -0.635. The van der Waals surface area contributed by atoms with Crippen molar-refractivity contribution in [3.05, 3.63) is 68.3 Å². The summed E-state index contributed by atoms with van der Waals surface area (Å²) >= 11 is 14.4. The van der Waals surface area contributed by atoms with Crippen LogP contribution in [0, 0.1) is 0 Å². The standard InChI is InChI=1S/C23H22BrClN4O5S/c1-3-33-22(32)19-12(2)27-23(35)28-20(19)15-6-4-5-7-17(15)34-11-18(30)29-26-10-13-8-14(25)9-16(24)21(13)31/h4-10,20,31H,3,11H2,1-2H3,(H,29,30)(H2,27,28,35)/t20-/m0/s1. The van der Waals surface area contributed by atoms with Crippen LogP contribution in [0.2, 0.25) is 5.02 Å². The van der Waals surface area contributed by atoms with Crippen molar-refractivity contribution in [1.29, 1.82) is 0 Å². The predicted molar refractivity (Wildman–Crippen MR) is 139 cm³/mol. The van der Waals surface area contributed by atoms with Crippen LogP contribution in [-0.2, 0) is 14.3 Å². The Bertz CT molecular complexity index is 1220. The molecule has 1 aliphatic rings. The lowest BCUT2D eigenvalue weighted by molar-refractivity contribution is -0.139. The van der Waals surface area contributed by atoms with E-state index in [0.717, 1.165) is 0 Å². The molecule has 1 atom stereocenters. The highest BCUT2D eigenvalue weighted by Crippen LogP contribution is 2.34. The normalized spacial score (nSPS) is 15.4. The summed E-state index contributed by atoms with van der Waals surface area (Å²) in [6.45, 7) is 3.32. The van der Waals surface area contributed by atoms with Crippen molar-refractivity contribution in [3.8, 4) is 11.5 Å². The van der Waals surface area contributed by atoms with Crippen LogP contribution < -0.4 is 20.8 Å². The fraction of sp³-hybridized carbons (Fsp3) is 0.217. The molecule has 4 N–H and O–H groups in total. The van der Waals surface area contributed by atoms with Crippen LogP contribution in [-0.4, -0.2) is 41.5 Å². The number of para-hydroxylation sites is 1. The molecule has 1 aliphatic heterocycles. The van der Waals surface area contributed by atoms with E-state index in [2.05, 4.69) is 37.1 Å². The Morgan fingerprint density at radius 3 is 2.83 bits per heavy atom. The van der Waals surface area contributed by atoms with E-state index in [9.17, 15) is 14.7 Å². The lowest BCUT2D eigenvalue weighted by Gasteiger charge is -2.30. The number of amides is 1. The summed E-state index contributed by atoms with van der Waals surface area (Å²) in [4.78, 5) is 24.9. The molecule has 0 saturated heterocycles. The molecule has 3 rings (SSSR count). The Labute approximate surface area is 220 Å². The third kappa shape index (κ3) is 6.71.